The molecule has 20 heavy (non-hydrogen) atoms. The molecule has 0 aliphatic rings. The van der Waals surface area contributed by atoms with Gasteiger partial charge in [0.05, 0.1) is 7.11 Å². The number of amides is 2. The van der Waals surface area contributed by atoms with E-state index in [9.17, 15) is 14.0 Å². The first kappa shape index (κ1) is 15.7. The number of nitrogens with zero attached hydrogens (tertiary/aromatic N) is 1. The van der Waals surface area contributed by atoms with E-state index in [-0.39, 0.29) is 17.9 Å². The molecule has 0 radical (unpaired) electrons. The van der Waals surface area contributed by atoms with Gasteiger partial charge in [0.15, 0.2) is 11.6 Å². The number of nitrogens with one attached hydrogen (secondary N) is 1. The Labute approximate surface area is 116 Å². The van der Waals surface area contributed by atoms with Gasteiger partial charge in [-0.3, -0.25) is 0 Å². The summed E-state index contributed by atoms with van der Waals surface area (Å²) in [6.07, 6.45) is 0.274. The number of halogens is 1. The highest BCUT2D eigenvalue weighted by Crippen LogP contribution is 2.21. The normalized spacial score (nSPS) is 11.6. The van der Waals surface area contributed by atoms with Gasteiger partial charge in [-0.05, 0) is 18.6 Å². The van der Waals surface area contributed by atoms with Crippen LogP contribution in [0.25, 0.3) is 0 Å². The van der Waals surface area contributed by atoms with Crippen molar-refractivity contribution in [3.05, 3.63) is 24.0 Å². The molecule has 1 unspecified atom stereocenters. The van der Waals surface area contributed by atoms with E-state index in [0.717, 1.165) is 11.0 Å². The molecule has 1 atom stereocenters. The van der Waals surface area contributed by atoms with Crippen LogP contribution in [0.5, 0.6) is 5.75 Å². The number of anilines is 1. The number of rotatable bonds is 5. The summed E-state index contributed by atoms with van der Waals surface area (Å²) in [4.78, 5) is 23.9. The predicted octanol–water partition coefficient (Wildman–Crippen LogP) is 2.16. The van der Waals surface area contributed by atoms with Crippen LogP contribution in [0, 0.1) is 5.82 Å². The second kappa shape index (κ2) is 6.74. The van der Waals surface area contributed by atoms with Gasteiger partial charge in [0.25, 0.3) is 0 Å². The third kappa shape index (κ3) is 3.59. The molecule has 1 aromatic rings. The van der Waals surface area contributed by atoms with Gasteiger partial charge < -0.3 is 20.1 Å². The van der Waals surface area contributed by atoms with Gasteiger partial charge in [-0.1, -0.05) is 6.92 Å². The number of hydrogen-bond acceptors (Lipinski definition) is 3. The van der Waals surface area contributed by atoms with Gasteiger partial charge in [0.1, 0.15) is 6.04 Å². The van der Waals surface area contributed by atoms with Crippen LogP contribution < -0.4 is 10.1 Å². The fourth-order valence-electron chi connectivity index (χ4n) is 1.71. The Kier molecular flexibility index (Phi) is 5.31. The second-order valence-corrected chi connectivity index (χ2v) is 4.15. The van der Waals surface area contributed by atoms with Crippen molar-refractivity contribution in [2.24, 2.45) is 0 Å². The number of methoxy groups -OCH3 is 1. The van der Waals surface area contributed by atoms with Gasteiger partial charge in [0.2, 0.25) is 0 Å². The van der Waals surface area contributed by atoms with Crippen LogP contribution in [0.4, 0.5) is 14.9 Å². The molecule has 0 heterocycles. The summed E-state index contributed by atoms with van der Waals surface area (Å²) in [6.45, 7) is 1.66. The minimum atomic E-state index is -1.09. The van der Waals surface area contributed by atoms with E-state index in [2.05, 4.69) is 5.32 Å². The Morgan fingerprint density at radius 1 is 1.50 bits per heavy atom. The molecule has 110 valence electrons. The van der Waals surface area contributed by atoms with E-state index >= 15 is 0 Å². The van der Waals surface area contributed by atoms with E-state index in [4.69, 9.17) is 9.84 Å². The Balaban J connectivity index is 2.80. The van der Waals surface area contributed by atoms with Crippen molar-refractivity contribution in [3.8, 4) is 5.75 Å². The molecule has 1 rings (SSSR count). The Morgan fingerprint density at radius 2 is 2.15 bits per heavy atom. The maximum absolute atomic E-state index is 13.5. The number of benzene rings is 1. The summed E-state index contributed by atoms with van der Waals surface area (Å²) in [6, 6.07) is 2.39. The third-order valence-corrected chi connectivity index (χ3v) is 2.86. The standard InChI is InChI=1S/C13H17FN2O4/c1-4-10(12(17)18)16(2)13(19)15-8-5-6-11(20-3)9(14)7-8/h5-7,10H,4H2,1-3H3,(H,15,19)(H,17,18). The summed E-state index contributed by atoms with van der Waals surface area (Å²) in [7, 11) is 2.71. The van der Waals surface area contributed by atoms with E-state index in [1.807, 2.05) is 0 Å². The van der Waals surface area contributed by atoms with Crippen LogP contribution in [0.1, 0.15) is 13.3 Å². The quantitative estimate of drug-likeness (QED) is 0.868. The number of ether oxygens (including phenoxy) is 1. The summed E-state index contributed by atoms with van der Waals surface area (Å²) in [5, 5.41) is 11.4. The maximum atomic E-state index is 13.5. The number of carbonyl (C=O) groups excluding carboxylic acids is 1. The molecule has 6 nitrogen and oxygen atoms in total. The molecule has 2 N–H and O–H groups in total. The van der Waals surface area contributed by atoms with Crippen molar-refractivity contribution >= 4 is 17.7 Å². The van der Waals surface area contributed by atoms with Crippen molar-refractivity contribution in [1.82, 2.24) is 4.90 Å². The van der Waals surface area contributed by atoms with Crippen molar-refractivity contribution in [2.45, 2.75) is 19.4 Å². The zero-order valence-electron chi connectivity index (χ0n) is 11.5. The summed E-state index contributed by atoms with van der Waals surface area (Å²) in [5.41, 5.74) is 0.223. The molecule has 0 aliphatic heterocycles. The maximum Gasteiger partial charge on any atom is 0.326 e. The van der Waals surface area contributed by atoms with Crippen molar-refractivity contribution in [3.63, 3.8) is 0 Å². The van der Waals surface area contributed by atoms with Crippen LogP contribution in [0.3, 0.4) is 0 Å². The van der Waals surface area contributed by atoms with E-state index in [0.29, 0.717) is 0 Å². The smallest absolute Gasteiger partial charge is 0.326 e. The number of urea groups is 1. The van der Waals surface area contributed by atoms with Crippen LogP contribution in [0.15, 0.2) is 18.2 Å². The van der Waals surface area contributed by atoms with Crippen LogP contribution >= 0.6 is 0 Å². The Bertz CT molecular complexity index is 507. The van der Waals surface area contributed by atoms with Gasteiger partial charge in [0, 0.05) is 18.8 Å². The zero-order valence-corrected chi connectivity index (χ0v) is 11.5. The van der Waals surface area contributed by atoms with Gasteiger partial charge in [-0.2, -0.15) is 0 Å². The van der Waals surface area contributed by atoms with Crippen molar-refractivity contribution < 1.29 is 23.8 Å². The minimum absolute atomic E-state index is 0.0633. The number of hydrogen-bond donors (Lipinski definition) is 2. The molecule has 0 saturated heterocycles. The molecule has 2 amide bonds. The number of carboxylic acids is 1. The molecule has 0 spiro atoms. The van der Waals surface area contributed by atoms with Crippen molar-refractivity contribution in [1.29, 1.82) is 0 Å². The van der Waals surface area contributed by atoms with Crippen LogP contribution in [0.2, 0.25) is 0 Å². The number of likely N-dealkylation sites (N-methyl/N-ethyl adjacent to an activating group) is 1. The lowest BCUT2D eigenvalue weighted by molar-refractivity contribution is -0.141. The van der Waals surface area contributed by atoms with Crippen molar-refractivity contribution in [2.75, 3.05) is 19.5 Å². The highest BCUT2D eigenvalue weighted by atomic mass is 19.1. The first-order valence-corrected chi connectivity index (χ1v) is 6.00. The monoisotopic (exact) mass is 284 g/mol. The SMILES string of the molecule is CCC(C(=O)O)N(C)C(=O)Nc1ccc(OC)c(F)c1. The molecular weight excluding hydrogens is 267 g/mol. The lowest BCUT2D eigenvalue weighted by Crippen LogP contribution is -2.44. The number of carboxylic acid groups (broad SMARTS) is 1. The summed E-state index contributed by atoms with van der Waals surface area (Å²) in [5.74, 6) is -1.64. The van der Waals surface area contributed by atoms with Crippen LogP contribution in [-0.4, -0.2) is 42.2 Å². The average molecular weight is 284 g/mol. The molecule has 0 bridgehead atoms. The van der Waals surface area contributed by atoms with E-state index < -0.39 is 23.9 Å². The van der Waals surface area contributed by atoms with Gasteiger partial charge >= 0.3 is 12.0 Å². The second-order valence-electron chi connectivity index (χ2n) is 4.15. The molecule has 1 aromatic carbocycles. The highest BCUT2D eigenvalue weighted by Gasteiger charge is 2.24. The summed E-state index contributed by atoms with van der Waals surface area (Å²) < 4.78 is 18.2. The highest BCUT2D eigenvalue weighted by molar-refractivity contribution is 5.92. The molecule has 0 aromatic heterocycles. The first-order valence-electron chi connectivity index (χ1n) is 6.00. The topological polar surface area (TPSA) is 78.9 Å². The predicted molar refractivity (Wildman–Crippen MR) is 71.4 cm³/mol. The largest absolute Gasteiger partial charge is 0.494 e. The zero-order chi connectivity index (χ0) is 15.3. The molecule has 7 heteroatoms. The first-order chi connectivity index (χ1) is 9.40. The number of aliphatic carboxylic acids is 1. The molecular formula is C13H17FN2O4. The third-order valence-electron chi connectivity index (χ3n) is 2.86. The number of carbonyl (C=O) groups is 2. The minimum Gasteiger partial charge on any atom is -0.494 e. The fourth-order valence-corrected chi connectivity index (χ4v) is 1.71. The molecule has 0 fully saturated rings. The lowest BCUT2D eigenvalue weighted by Gasteiger charge is -2.24. The van der Waals surface area contributed by atoms with Gasteiger partial charge in [-0.15, -0.1) is 0 Å². The van der Waals surface area contributed by atoms with E-state index in [1.54, 1.807) is 6.92 Å². The Morgan fingerprint density at radius 3 is 2.60 bits per heavy atom. The Hall–Kier alpha value is -2.31. The average Bonchev–Trinajstić information content (AvgIpc) is 2.39. The molecule has 0 saturated carbocycles. The summed E-state index contributed by atoms with van der Waals surface area (Å²) >= 11 is 0. The fraction of sp³-hybridized carbons (Fsp3) is 0.385. The van der Waals surface area contributed by atoms with Gasteiger partial charge in [-0.25, -0.2) is 14.0 Å². The molecule has 0 aliphatic carbocycles. The lowest BCUT2D eigenvalue weighted by atomic mass is 10.2. The van der Waals surface area contributed by atoms with E-state index in [1.165, 1.54) is 26.3 Å². The van der Waals surface area contributed by atoms with Crippen LogP contribution in [-0.2, 0) is 4.79 Å².